The van der Waals surface area contributed by atoms with Gasteiger partial charge in [-0.05, 0) is 93.4 Å². The molecular formula is C39H49NO8. The summed E-state index contributed by atoms with van der Waals surface area (Å²) in [5.74, 6) is 1.52. The molecule has 1 aromatic carbocycles. The number of benzene rings is 1. The Labute approximate surface area is 282 Å². The number of aliphatic hydroxyl groups is 2. The van der Waals surface area contributed by atoms with E-state index in [0.717, 1.165) is 36.8 Å². The lowest BCUT2D eigenvalue weighted by atomic mass is 9.32. The zero-order valence-electron chi connectivity index (χ0n) is 28.8. The van der Waals surface area contributed by atoms with Crippen LogP contribution in [0.2, 0.25) is 0 Å². The van der Waals surface area contributed by atoms with Gasteiger partial charge in [-0.1, -0.05) is 32.1 Å². The number of carbonyl (C=O) groups is 2. The summed E-state index contributed by atoms with van der Waals surface area (Å²) in [5, 5.41) is 23.8. The highest BCUT2D eigenvalue weighted by Gasteiger charge is 2.74. The lowest BCUT2D eigenvalue weighted by Gasteiger charge is -2.71. The Morgan fingerprint density at radius 3 is 2.46 bits per heavy atom. The third kappa shape index (κ3) is 4.49. The van der Waals surface area contributed by atoms with E-state index in [2.05, 4.69) is 32.1 Å². The molecule has 48 heavy (non-hydrogen) atoms. The van der Waals surface area contributed by atoms with Crippen molar-refractivity contribution in [2.75, 3.05) is 27.4 Å². The summed E-state index contributed by atoms with van der Waals surface area (Å²) in [5.41, 5.74) is -1.53. The van der Waals surface area contributed by atoms with Crippen molar-refractivity contribution < 1.29 is 38.4 Å². The average molecular weight is 660 g/mol. The third-order valence-corrected chi connectivity index (χ3v) is 13.5. The topological polar surface area (TPSA) is 119 Å². The number of hydrogen-bond acceptors (Lipinski definition) is 8. The van der Waals surface area contributed by atoms with Gasteiger partial charge in [0.15, 0.2) is 5.76 Å². The van der Waals surface area contributed by atoms with Gasteiger partial charge in [-0.25, -0.2) is 4.79 Å². The van der Waals surface area contributed by atoms with Crippen LogP contribution in [0.4, 0.5) is 4.79 Å². The van der Waals surface area contributed by atoms with Crippen LogP contribution in [0.25, 0.3) is 0 Å². The molecule has 6 aliphatic rings. The van der Waals surface area contributed by atoms with Crippen LogP contribution in [0.1, 0.15) is 81.8 Å². The van der Waals surface area contributed by atoms with E-state index in [1.807, 2.05) is 12.1 Å². The molecular weight excluding hydrogens is 610 g/mol. The summed E-state index contributed by atoms with van der Waals surface area (Å²) in [6.45, 7) is 6.78. The monoisotopic (exact) mass is 659 g/mol. The Morgan fingerprint density at radius 1 is 1.00 bits per heavy atom. The summed E-state index contributed by atoms with van der Waals surface area (Å²) in [6, 6.07) is 8.96. The van der Waals surface area contributed by atoms with Crippen LogP contribution in [-0.4, -0.2) is 66.1 Å². The van der Waals surface area contributed by atoms with Crippen molar-refractivity contribution in [3.63, 3.8) is 0 Å². The molecule has 9 nitrogen and oxygen atoms in total. The molecule has 0 aliphatic heterocycles. The summed E-state index contributed by atoms with van der Waals surface area (Å²) >= 11 is 0. The number of ketones is 1. The lowest BCUT2D eigenvalue weighted by Crippen LogP contribution is -2.67. The van der Waals surface area contributed by atoms with E-state index in [-0.39, 0.29) is 42.7 Å². The Balaban J connectivity index is 1.29. The maximum Gasteiger partial charge on any atom is 0.410 e. The van der Waals surface area contributed by atoms with Crippen LogP contribution < -0.4 is 9.47 Å². The first-order chi connectivity index (χ1) is 22.9. The van der Waals surface area contributed by atoms with Gasteiger partial charge >= 0.3 is 6.09 Å². The second-order valence-electron chi connectivity index (χ2n) is 15.3. The zero-order valence-corrected chi connectivity index (χ0v) is 28.8. The fourth-order valence-corrected chi connectivity index (χ4v) is 11.0. The number of carbonyl (C=O) groups excluding carboxylic acids is 2. The zero-order chi connectivity index (χ0) is 34.1. The molecule has 2 bridgehead atoms. The number of amides is 1. The number of allylic oxidation sites excluding steroid dienone is 4. The highest BCUT2D eigenvalue weighted by atomic mass is 16.6. The summed E-state index contributed by atoms with van der Waals surface area (Å²) in [6.07, 6.45) is 12.3. The van der Waals surface area contributed by atoms with Crippen molar-refractivity contribution in [2.24, 2.45) is 33.5 Å². The second kappa shape index (κ2) is 11.5. The Bertz CT molecular complexity index is 1650. The van der Waals surface area contributed by atoms with Crippen molar-refractivity contribution in [3.05, 3.63) is 71.7 Å². The van der Waals surface area contributed by atoms with Crippen molar-refractivity contribution in [2.45, 2.75) is 84.0 Å². The number of ether oxygens (including phenoxy) is 3. The van der Waals surface area contributed by atoms with Crippen LogP contribution >= 0.6 is 0 Å². The Kier molecular flexibility index (Phi) is 7.91. The number of hydrogen-bond donors (Lipinski definition) is 2. The molecule has 8 unspecified atom stereocenters. The van der Waals surface area contributed by atoms with Crippen molar-refractivity contribution in [1.29, 1.82) is 0 Å². The minimum Gasteiger partial charge on any atom is -0.497 e. The summed E-state index contributed by atoms with van der Waals surface area (Å²) < 4.78 is 22.3. The molecule has 2 N–H and O–H groups in total. The SMILES string of the molecule is CCOC(=O)N(Cc1ccc(OC)cc1OC)CC1(O)CCC2C34C=CC5(C=C3C(=O)c3ccco3)CC(O)CCC5(C)C4CCC21C. The fraction of sp³-hybridized carbons (Fsp3) is 0.590. The molecule has 6 aliphatic carbocycles. The molecule has 8 atom stereocenters. The highest BCUT2D eigenvalue weighted by molar-refractivity contribution is 6.08. The van der Waals surface area contributed by atoms with Crippen LogP contribution in [0.3, 0.4) is 0 Å². The smallest absolute Gasteiger partial charge is 0.410 e. The number of furan rings is 1. The molecule has 2 spiro atoms. The number of aliphatic hydroxyl groups excluding tert-OH is 1. The van der Waals surface area contributed by atoms with E-state index in [0.29, 0.717) is 36.5 Å². The van der Waals surface area contributed by atoms with E-state index in [4.69, 9.17) is 18.6 Å². The van der Waals surface area contributed by atoms with Crippen LogP contribution in [0, 0.1) is 33.5 Å². The quantitative estimate of drug-likeness (QED) is 0.225. The lowest BCUT2D eigenvalue weighted by molar-refractivity contribution is -0.175. The Hall–Kier alpha value is -3.56. The number of methoxy groups -OCH3 is 2. The van der Waals surface area contributed by atoms with E-state index >= 15 is 0 Å². The van der Waals surface area contributed by atoms with Gasteiger partial charge in [0.2, 0.25) is 5.78 Å². The first-order valence-corrected chi connectivity index (χ1v) is 17.5. The van der Waals surface area contributed by atoms with Gasteiger partial charge in [0.25, 0.3) is 0 Å². The van der Waals surface area contributed by atoms with Gasteiger partial charge in [-0.15, -0.1) is 0 Å². The Morgan fingerprint density at radius 2 is 1.75 bits per heavy atom. The van der Waals surface area contributed by atoms with Gasteiger partial charge < -0.3 is 33.7 Å². The van der Waals surface area contributed by atoms with E-state index in [1.165, 1.54) is 6.26 Å². The van der Waals surface area contributed by atoms with E-state index < -0.39 is 34.0 Å². The van der Waals surface area contributed by atoms with Gasteiger partial charge in [0.1, 0.15) is 11.5 Å². The molecule has 9 heteroatoms. The summed E-state index contributed by atoms with van der Waals surface area (Å²) in [4.78, 5) is 29.6. The van der Waals surface area contributed by atoms with Crippen LogP contribution in [-0.2, 0) is 11.3 Å². The van der Waals surface area contributed by atoms with Crippen LogP contribution in [0.15, 0.2) is 64.8 Å². The molecule has 0 saturated heterocycles. The second-order valence-corrected chi connectivity index (χ2v) is 15.3. The van der Waals surface area contributed by atoms with Gasteiger partial charge in [-0.2, -0.15) is 0 Å². The van der Waals surface area contributed by atoms with Gasteiger partial charge in [0, 0.05) is 33.4 Å². The fourth-order valence-electron chi connectivity index (χ4n) is 11.0. The van der Waals surface area contributed by atoms with Gasteiger partial charge in [-0.3, -0.25) is 4.79 Å². The molecule has 1 aromatic heterocycles. The predicted octanol–water partition coefficient (Wildman–Crippen LogP) is 6.73. The van der Waals surface area contributed by atoms with Crippen molar-refractivity contribution >= 4 is 11.9 Å². The minimum absolute atomic E-state index is 0.0586. The normalized spacial score (nSPS) is 37.6. The third-order valence-electron chi connectivity index (χ3n) is 13.5. The number of fused-ring (bicyclic) bond motifs is 1. The molecule has 3 fully saturated rings. The van der Waals surface area contributed by atoms with E-state index in [9.17, 15) is 19.8 Å². The van der Waals surface area contributed by atoms with Crippen LogP contribution in [0.5, 0.6) is 11.5 Å². The molecule has 1 amide bonds. The van der Waals surface area contributed by atoms with Gasteiger partial charge in [0.05, 0.1) is 51.9 Å². The average Bonchev–Trinajstić information content (AvgIpc) is 3.71. The minimum atomic E-state index is -1.24. The maximum atomic E-state index is 14.4. The van der Waals surface area contributed by atoms with Crippen molar-refractivity contribution in [3.8, 4) is 11.5 Å². The summed E-state index contributed by atoms with van der Waals surface area (Å²) in [7, 11) is 3.18. The van der Waals surface area contributed by atoms with E-state index in [1.54, 1.807) is 44.2 Å². The molecule has 258 valence electrons. The standard InChI is InChI=1S/C39H49NO8/c1-6-47-34(43)40(23-25-9-10-27(45-4)20-30(25)46-5)24-38(44)16-13-32-36(38,3)15-12-31-35(2)14-11-26(41)21-37(35)17-18-39(31,32)28(22-37)33(42)29-8-7-19-48-29/h7-10,17-20,22,26,31-32,41,44H,6,11-16,21,23-24H2,1-5H3. The molecule has 3 saturated carbocycles. The molecule has 2 aromatic rings. The number of nitrogens with zero attached hydrogens (tertiary/aromatic N) is 1. The molecule has 0 radical (unpaired) electrons. The molecule has 8 rings (SSSR count). The molecule has 1 heterocycles. The predicted molar refractivity (Wildman–Crippen MR) is 179 cm³/mol. The number of Topliss-reactive ketones (excluding diaryl/α,β-unsaturated/α-hetero) is 1. The largest absolute Gasteiger partial charge is 0.497 e. The number of rotatable bonds is 9. The highest BCUT2D eigenvalue weighted by Crippen LogP contribution is 2.78. The maximum absolute atomic E-state index is 14.4. The van der Waals surface area contributed by atoms with Crippen molar-refractivity contribution in [1.82, 2.24) is 4.90 Å². The first-order valence-electron chi connectivity index (χ1n) is 17.5. The first kappa shape index (κ1) is 33.0.